The first-order valence-corrected chi connectivity index (χ1v) is 3.56. The van der Waals surface area contributed by atoms with Gasteiger partial charge in [-0.15, -0.1) is 0 Å². The van der Waals surface area contributed by atoms with Gasteiger partial charge in [-0.2, -0.15) is 0 Å². The van der Waals surface area contributed by atoms with Crippen LogP contribution in [0.3, 0.4) is 0 Å². The lowest BCUT2D eigenvalue weighted by atomic mass is 10.2. The van der Waals surface area contributed by atoms with E-state index in [1.54, 1.807) is 26.1 Å². The maximum absolute atomic E-state index is 10.8. The van der Waals surface area contributed by atoms with Gasteiger partial charge in [-0.05, 0) is 20.8 Å². The van der Waals surface area contributed by atoms with Crippen LogP contribution in [-0.4, -0.2) is 23.5 Å². The zero-order chi connectivity index (χ0) is 10.6. The van der Waals surface area contributed by atoms with Crippen LogP contribution in [0, 0.1) is 0 Å². The summed E-state index contributed by atoms with van der Waals surface area (Å²) in [6.45, 7) is 4.88. The molecule has 0 aliphatic heterocycles. The first-order valence-electron chi connectivity index (χ1n) is 3.56. The molecule has 0 spiro atoms. The Balaban J connectivity index is 4.04. The van der Waals surface area contributed by atoms with Gasteiger partial charge >= 0.3 is 17.9 Å². The molecule has 0 aliphatic rings. The third kappa shape index (κ3) is 5.66. The second-order valence-corrected chi connectivity index (χ2v) is 3.32. The summed E-state index contributed by atoms with van der Waals surface area (Å²) in [5.74, 6) is -2.42. The van der Waals surface area contributed by atoms with Gasteiger partial charge in [-0.1, -0.05) is 0 Å². The average molecular weight is 188 g/mol. The Kier molecular flexibility index (Phi) is 3.41. The molecule has 0 radical (unpaired) electrons. The molecule has 13 heavy (non-hydrogen) atoms. The zero-order valence-corrected chi connectivity index (χ0v) is 7.71. The molecule has 0 atom stereocenters. The molecule has 3 N–H and O–H groups in total. The summed E-state index contributed by atoms with van der Waals surface area (Å²) in [4.78, 5) is 31.6. The molecular weight excluding hydrogens is 176 g/mol. The summed E-state index contributed by atoms with van der Waals surface area (Å²) in [5.41, 5.74) is 3.87. The summed E-state index contributed by atoms with van der Waals surface area (Å²) in [6, 6.07) is 0. The summed E-state index contributed by atoms with van der Waals surface area (Å²) in [6.07, 6.45) is -0.990. The Hall–Kier alpha value is -1.59. The van der Waals surface area contributed by atoms with Crippen molar-refractivity contribution in [2.24, 2.45) is 5.73 Å². The van der Waals surface area contributed by atoms with Crippen molar-refractivity contribution in [1.29, 1.82) is 0 Å². The van der Waals surface area contributed by atoms with E-state index in [2.05, 4.69) is 10.5 Å². The predicted molar refractivity (Wildman–Crippen MR) is 43.6 cm³/mol. The smallest absolute Gasteiger partial charge is 0.414 e. The second kappa shape index (κ2) is 3.88. The first kappa shape index (κ1) is 11.4. The zero-order valence-electron chi connectivity index (χ0n) is 7.71. The molecule has 6 heteroatoms. The summed E-state index contributed by atoms with van der Waals surface area (Å²) in [5, 5.41) is 1.66. The largest absolute Gasteiger partial charge is 0.444 e. The van der Waals surface area contributed by atoms with Crippen molar-refractivity contribution in [3.63, 3.8) is 0 Å². The van der Waals surface area contributed by atoms with Crippen molar-refractivity contribution in [2.45, 2.75) is 26.4 Å². The summed E-state index contributed by atoms with van der Waals surface area (Å²) < 4.78 is 4.68. The molecule has 0 aromatic heterocycles. The van der Waals surface area contributed by atoms with Gasteiger partial charge in [-0.25, -0.2) is 4.79 Å². The van der Waals surface area contributed by atoms with Crippen molar-refractivity contribution < 1.29 is 19.1 Å². The van der Waals surface area contributed by atoms with E-state index in [-0.39, 0.29) is 0 Å². The van der Waals surface area contributed by atoms with Crippen molar-refractivity contribution in [3.8, 4) is 0 Å². The highest BCUT2D eigenvalue weighted by Gasteiger charge is 2.19. The standard InChI is InChI=1S/C7H12N2O4/c1-7(2,3)13-6(12)9-5(11)4(8)10/h1-3H3,(H2,8,10)(H,9,11,12). The fourth-order valence-electron chi connectivity index (χ4n) is 0.458. The van der Waals surface area contributed by atoms with E-state index in [9.17, 15) is 14.4 Å². The molecule has 3 amide bonds. The van der Waals surface area contributed by atoms with Crippen LogP contribution in [0.4, 0.5) is 4.79 Å². The summed E-state index contributed by atoms with van der Waals surface area (Å²) >= 11 is 0. The number of carbonyl (C=O) groups is 3. The Bertz CT molecular complexity index is 241. The Labute approximate surface area is 75.4 Å². The van der Waals surface area contributed by atoms with E-state index in [1.165, 1.54) is 0 Å². The van der Waals surface area contributed by atoms with Crippen molar-refractivity contribution >= 4 is 17.9 Å². The van der Waals surface area contributed by atoms with Crippen LogP contribution in [0.15, 0.2) is 0 Å². The fraction of sp³-hybridized carbons (Fsp3) is 0.571. The van der Waals surface area contributed by atoms with Crippen LogP contribution in [0.5, 0.6) is 0 Å². The molecule has 0 saturated carbocycles. The molecule has 74 valence electrons. The molecule has 0 rings (SSSR count). The highest BCUT2D eigenvalue weighted by Crippen LogP contribution is 2.05. The maximum atomic E-state index is 10.8. The number of hydrogen-bond acceptors (Lipinski definition) is 4. The van der Waals surface area contributed by atoms with Gasteiger partial charge < -0.3 is 10.5 Å². The van der Waals surface area contributed by atoms with Gasteiger partial charge in [0.25, 0.3) is 0 Å². The molecule has 0 aromatic rings. The number of alkyl carbamates (subject to hydrolysis) is 1. The minimum atomic E-state index is -1.23. The van der Waals surface area contributed by atoms with E-state index in [4.69, 9.17) is 0 Å². The lowest BCUT2D eigenvalue weighted by Gasteiger charge is -2.18. The number of amides is 3. The monoisotopic (exact) mass is 188 g/mol. The number of rotatable bonds is 0. The predicted octanol–water partition coefficient (Wildman–Crippen LogP) is -0.477. The van der Waals surface area contributed by atoms with E-state index >= 15 is 0 Å². The van der Waals surface area contributed by atoms with Gasteiger partial charge in [0.1, 0.15) is 5.60 Å². The number of hydrogen-bond donors (Lipinski definition) is 2. The third-order valence-corrected chi connectivity index (χ3v) is 0.838. The SMILES string of the molecule is CC(C)(C)OC(=O)NC(=O)C(N)=O. The molecule has 0 aromatic carbocycles. The van der Waals surface area contributed by atoms with E-state index in [0.717, 1.165) is 0 Å². The highest BCUT2D eigenvalue weighted by molar-refractivity contribution is 6.36. The van der Waals surface area contributed by atoms with E-state index in [1.807, 2.05) is 0 Å². The van der Waals surface area contributed by atoms with Gasteiger partial charge in [0.15, 0.2) is 0 Å². The van der Waals surface area contributed by atoms with Crippen molar-refractivity contribution in [2.75, 3.05) is 0 Å². The molecule has 0 heterocycles. The third-order valence-electron chi connectivity index (χ3n) is 0.838. The molecule has 0 saturated heterocycles. The lowest BCUT2D eigenvalue weighted by Crippen LogP contribution is -2.42. The first-order chi connectivity index (χ1) is 5.72. The van der Waals surface area contributed by atoms with Crippen LogP contribution in [0.2, 0.25) is 0 Å². The molecule has 6 nitrogen and oxygen atoms in total. The normalized spacial score (nSPS) is 10.4. The van der Waals surface area contributed by atoms with Crippen LogP contribution >= 0.6 is 0 Å². The van der Waals surface area contributed by atoms with Crippen LogP contribution in [0.25, 0.3) is 0 Å². The van der Waals surface area contributed by atoms with Crippen LogP contribution in [-0.2, 0) is 14.3 Å². The van der Waals surface area contributed by atoms with Crippen molar-refractivity contribution in [3.05, 3.63) is 0 Å². The topological polar surface area (TPSA) is 98.5 Å². The number of imide groups is 1. The number of carbonyl (C=O) groups excluding carboxylic acids is 3. The van der Waals surface area contributed by atoms with Crippen LogP contribution in [0.1, 0.15) is 20.8 Å². The molecular formula is C7H12N2O4. The van der Waals surface area contributed by atoms with E-state index in [0.29, 0.717) is 0 Å². The number of nitrogens with one attached hydrogen (secondary N) is 1. The second-order valence-electron chi connectivity index (χ2n) is 3.32. The molecule has 0 fully saturated rings. The van der Waals surface area contributed by atoms with Crippen molar-refractivity contribution in [1.82, 2.24) is 5.32 Å². The lowest BCUT2D eigenvalue weighted by molar-refractivity contribution is -0.137. The maximum Gasteiger partial charge on any atom is 0.414 e. The number of ether oxygens (including phenoxy) is 1. The molecule has 0 unspecified atom stereocenters. The van der Waals surface area contributed by atoms with Gasteiger partial charge in [0, 0.05) is 0 Å². The Morgan fingerprint density at radius 1 is 1.23 bits per heavy atom. The quantitative estimate of drug-likeness (QED) is 0.501. The minimum absolute atomic E-state index is 0.720. The number of nitrogens with two attached hydrogens (primary N) is 1. The van der Waals surface area contributed by atoms with E-state index < -0.39 is 23.5 Å². The van der Waals surface area contributed by atoms with Crippen LogP contribution < -0.4 is 11.1 Å². The molecule has 0 aliphatic carbocycles. The average Bonchev–Trinajstić information content (AvgIpc) is 1.81. The highest BCUT2D eigenvalue weighted by atomic mass is 16.6. The van der Waals surface area contributed by atoms with Gasteiger partial charge in [0.2, 0.25) is 0 Å². The van der Waals surface area contributed by atoms with Gasteiger partial charge in [-0.3, -0.25) is 14.9 Å². The van der Waals surface area contributed by atoms with Gasteiger partial charge in [0.05, 0.1) is 0 Å². The summed E-state index contributed by atoms with van der Waals surface area (Å²) in [7, 11) is 0. The Morgan fingerprint density at radius 2 is 1.69 bits per heavy atom. The minimum Gasteiger partial charge on any atom is -0.444 e. The number of primary amides is 1. The molecule has 0 bridgehead atoms. The fourth-order valence-corrected chi connectivity index (χ4v) is 0.458. The Morgan fingerprint density at radius 3 is 2.00 bits per heavy atom.